The molecular weight excluding hydrogens is 472 g/mol. The van der Waals surface area contributed by atoms with Crippen LogP contribution in [0.2, 0.25) is 0 Å². The number of nitrogens with one attached hydrogen (secondary N) is 1. The Bertz CT molecular complexity index is 1470. The molecule has 0 radical (unpaired) electrons. The van der Waals surface area contributed by atoms with Crippen molar-refractivity contribution in [1.82, 2.24) is 15.3 Å². The van der Waals surface area contributed by atoms with E-state index in [2.05, 4.69) is 53.2 Å². The standard InChI is InChI=1S/C31H32N6O/c1-22-9-8-14-28(23(22)2)36-17-19-37(20-18-36)30-29(34-26-12-6-7-13-27(26)35-30)25(21-32)31(38)33-16-15-24-10-4-3-5-11-24/h3-14,25H,15-20H2,1-2H3,(H,33,38)/t25-/m0/s1. The number of aryl methyl sites for hydroxylation is 1. The van der Waals surface area contributed by atoms with Gasteiger partial charge in [0.25, 0.3) is 0 Å². The predicted molar refractivity (Wildman–Crippen MR) is 151 cm³/mol. The van der Waals surface area contributed by atoms with Crippen molar-refractivity contribution in [3.05, 3.63) is 95.2 Å². The van der Waals surface area contributed by atoms with Crippen LogP contribution in [0.3, 0.4) is 0 Å². The molecule has 7 nitrogen and oxygen atoms in total. The second kappa shape index (κ2) is 11.3. The fourth-order valence-electron chi connectivity index (χ4n) is 4.99. The van der Waals surface area contributed by atoms with Crippen LogP contribution in [0.25, 0.3) is 11.0 Å². The molecule has 1 amide bonds. The number of anilines is 2. The van der Waals surface area contributed by atoms with Crippen molar-refractivity contribution in [2.75, 3.05) is 42.5 Å². The van der Waals surface area contributed by atoms with Crippen LogP contribution in [-0.2, 0) is 11.2 Å². The largest absolute Gasteiger partial charge is 0.368 e. The number of nitrogens with zero attached hydrogens (tertiary/aromatic N) is 5. The van der Waals surface area contributed by atoms with Gasteiger partial charge in [-0.3, -0.25) is 4.79 Å². The zero-order valence-electron chi connectivity index (χ0n) is 21.9. The number of rotatable bonds is 7. The van der Waals surface area contributed by atoms with Crippen LogP contribution in [0.4, 0.5) is 11.5 Å². The van der Waals surface area contributed by atoms with Gasteiger partial charge in [0.05, 0.1) is 17.1 Å². The fourth-order valence-corrected chi connectivity index (χ4v) is 4.99. The topological polar surface area (TPSA) is 85.2 Å². The van der Waals surface area contributed by atoms with Crippen LogP contribution in [0, 0.1) is 25.2 Å². The molecule has 1 aliphatic heterocycles. The summed E-state index contributed by atoms with van der Waals surface area (Å²) in [7, 11) is 0. The van der Waals surface area contributed by atoms with Gasteiger partial charge in [-0.25, -0.2) is 9.97 Å². The molecule has 1 fully saturated rings. The first-order valence-corrected chi connectivity index (χ1v) is 13.1. The van der Waals surface area contributed by atoms with E-state index in [9.17, 15) is 10.1 Å². The number of benzene rings is 3. The molecule has 1 aromatic heterocycles. The highest BCUT2D eigenvalue weighted by atomic mass is 16.1. The number of carbonyl (C=O) groups excluding carboxylic acids is 1. The summed E-state index contributed by atoms with van der Waals surface area (Å²) in [6, 6.07) is 26.2. The first kappa shape index (κ1) is 25.2. The van der Waals surface area contributed by atoms with Crippen molar-refractivity contribution in [1.29, 1.82) is 5.26 Å². The first-order valence-electron chi connectivity index (χ1n) is 13.1. The molecule has 0 bridgehead atoms. The number of piperazine rings is 1. The summed E-state index contributed by atoms with van der Waals surface area (Å²) in [5.41, 5.74) is 6.81. The number of hydrogen-bond acceptors (Lipinski definition) is 6. The van der Waals surface area contributed by atoms with Crippen molar-refractivity contribution in [3.8, 4) is 6.07 Å². The predicted octanol–water partition coefficient (Wildman–Crippen LogP) is 4.54. The molecule has 4 aromatic rings. The molecule has 38 heavy (non-hydrogen) atoms. The first-order chi connectivity index (χ1) is 18.5. The van der Waals surface area contributed by atoms with E-state index in [-0.39, 0.29) is 5.91 Å². The van der Waals surface area contributed by atoms with Gasteiger partial charge in [0.2, 0.25) is 5.91 Å². The average molecular weight is 505 g/mol. The van der Waals surface area contributed by atoms with Crippen LogP contribution in [-0.4, -0.2) is 48.6 Å². The molecule has 0 unspecified atom stereocenters. The number of aromatic nitrogens is 2. The second-order valence-electron chi connectivity index (χ2n) is 9.70. The number of carbonyl (C=O) groups is 1. The Hall–Kier alpha value is -4.44. The molecular formula is C31H32N6O. The van der Waals surface area contributed by atoms with Crippen molar-refractivity contribution < 1.29 is 4.79 Å². The highest BCUT2D eigenvalue weighted by Crippen LogP contribution is 2.30. The number of para-hydroxylation sites is 2. The molecule has 1 aliphatic rings. The summed E-state index contributed by atoms with van der Waals surface area (Å²) >= 11 is 0. The summed E-state index contributed by atoms with van der Waals surface area (Å²) in [5.74, 6) is -0.771. The van der Waals surface area contributed by atoms with Gasteiger partial charge in [-0.15, -0.1) is 0 Å². The van der Waals surface area contributed by atoms with Gasteiger partial charge in [0.1, 0.15) is 5.69 Å². The van der Waals surface area contributed by atoms with Gasteiger partial charge in [-0.05, 0) is 55.2 Å². The van der Waals surface area contributed by atoms with E-state index in [1.54, 1.807) is 0 Å². The third kappa shape index (κ3) is 5.30. The van der Waals surface area contributed by atoms with Crippen molar-refractivity contribution >= 4 is 28.4 Å². The van der Waals surface area contributed by atoms with Crippen LogP contribution in [0.5, 0.6) is 0 Å². The SMILES string of the molecule is Cc1cccc(N2CCN(c3nc4ccccc4nc3[C@H](C#N)C(=O)NCCc3ccccc3)CC2)c1C. The minimum absolute atomic E-state index is 0.344. The molecule has 7 heteroatoms. The van der Waals surface area contributed by atoms with Crippen molar-refractivity contribution in [2.24, 2.45) is 0 Å². The zero-order chi connectivity index (χ0) is 26.5. The van der Waals surface area contributed by atoms with E-state index >= 15 is 0 Å². The highest BCUT2D eigenvalue weighted by molar-refractivity contribution is 5.89. The molecule has 5 rings (SSSR count). The van der Waals surface area contributed by atoms with Crippen molar-refractivity contribution in [3.63, 3.8) is 0 Å². The Kier molecular flexibility index (Phi) is 7.50. The van der Waals surface area contributed by atoms with E-state index in [0.29, 0.717) is 30.0 Å². The number of hydrogen-bond donors (Lipinski definition) is 1. The molecule has 0 aliphatic carbocycles. The van der Waals surface area contributed by atoms with Gasteiger partial charge in [-0.2, -0.15) is 5.26 Å². The summed E-state index contributed by atoms with van der Waals surface area (Å²) in [6.45, 7) is 7.84. The summed E-state index contributed by atoms with van der Waals surface area (Å²) in [4.78, 5) is 27.5. The molecule has 3 aromatic carbocycles. The maximum atomic E-state index is 13.2. The number of fused-ring (bicyclic) bond motifs is 1. The lowest BCUT2D eigenvalue weighted by Crippen LogP contribution is -2.47. The van der Waals surface area contributed by atoms with Gasteiger partial charge in [-0.1, -0.05) is 54.6 Å². The van der Waals surface area contributed by atoms with E-state index in [0.717, 1.165) is 37.3 Å². The lowest BCUT2D eigenvalue weighted by Gasteiger charge is -2.38. The molecule has 1 N–H and O–H groups in total. The molecule has 1 atom stereocenters. The third-order valence-corrected chi connectivity index (χ3v) is 7.29. The summed E-state index contributed by atoms with van der Waals surface area (Å²) < 4.78 is 0. The zero-order valence-corrected chi connectivity index (χ0v) is 21.9. The smallest absolute Gasteiger partial charge is 0.243 e. The Balaban J connectivity index is 1.38. The maximum absolute atomic E-state index is 13.2. The quantitative estimate of drug-likeness (QED) is 0.398. The summed E-state index contributed by atoms with van der Waals surface area (Å²) in [5, 5.41) is 13.0. The molecule has 1 saturated heterocycles. The molecule has 2 heterocycles. The average Bonchev–Trinajstić information content (AvgIpc) is 2.95. The van der Waals surface area contributed by atoms with Crippen LogP contribution < -0.4 is 15.1 Å². The monoisotopic (exact) mass is 504 g/mol. The third-order valence-electron chi connectivity index (χ3n) is 7.29. The van der Waals surface area contributed by atoms with Gasteiger partial charge < -0.3 is 15.1 Å². The normalized spacial score (nSPS) is 14.2. The minimum Gasteiger partial charge on any atom is -0.368 e. The van der Waals surface area contributed by atoms with Crippen LogP contribution in [0.1, 0.15) is 28.3 Å². The van der Waals surface area contributed by atoms with Crippen molar-refractivity contribution in [2.45, 2.75) is 26.2 Å². The molecule has 192 valence electrons. The number of nitriles is 1. The Morgan fingerprint density at radius 2 is 1.55 bits per heavy atom. The van der Waals surface area contributed by atoms with E-state index in [1.165, 1.54) is 16.8 Å². The fraction of sp³-hybridized carbons (Fsp3) is 0.290. The molecule has 0 saturated carbocycles. The number of amides is 1. The van der Waals surface area contributed by atoms with Crippen LogP contribution >= 0.6 is 0 Å². The Morgan fingerprint density at radius 3 is 2.26 bits per heavy atom. The van der Waals surface area contributed by atoms with E-state index in [4.69, 9.17) is 9.97 Å². The van der Waals surface area contributed by atoms with E-state index < -0.39 is 5.92 Å². The maximum Gasteiger partial charge on any atom is 0.243 e. The Labute approximate surface area is 223 Å². The van der Waals surface area contributed by atoms with E-state index in [1.807, 2.05) is 54.6 Å². The molecule has 0 spiro atoms. The second-order valence-corrected chi connectivity index (χ2v) is 9.70. The Morgan fingerprint density at radius 1 is 0.895 bits per heavy atom. The minimum atomic E-state index is -1.05. The van der Waals surface area contributed by atoms with Gasteiger partial charge in [0.15, 0.2) is 11.7 Å². The lowest BCUT2D eigenvalue weighted by atomic mass is 10.0. The van der Waals surface area contributed by atoms with Crippen LogP contribution in [0.15, 0.2) is 72.8 Å². The van der Waals surface area contributed by atoms with Gasteiger partial charge in [0, 0.05) is 38.4 Å². The highest BCUT2D eigenvalue weighted by Gasteiger charge is 2.30. The van der Waals surface area contributed by atoms with Gasteiger partial charge >= 0.3 is 0 Å². The summed E-state index contributed by atoms with van der Waals surface area (Å²) in [6.07, 6.45) is 0.696. The lowest BCUT2D eigenvalue weighted by molar-refractivity contribution is -0.121.